The van der Waals surface area contributed by atoms with Crippen LogP contribution in [0, 0.1) is 0 Å². The molecular weight excluding hydrogens is 295 g/mol. The fourth-order valence-corrected chi connectivity index (χ4v) is 2.36. The van der Waals surface area contributed by atoms with Crippen molar-refractivity contribution in [1.29, 1.82) is 0 Å². The van der Waals surface area contributed by atoms with Crippen LogP contribution >= 0.6 is 23.2 Å². The molecule has 0 atom stereocenters. The van der Waals surface area contributed by atoms with E-state index in [2.05, 4.69) is 0 Å². The maximum Gasteiger partial charge on any atom is 0.133 e. The molecule has 0 saturated carbocycles. The van der Waals surface area contributed by atoms with Gasteiger partial charge in [0.2, 0.25) is 0 Å². The lowest BCUT2D eigenvalue weighted by atomic mass is 10.2. The molecule has 0 aliphatic heterocycles. The summed E-state index contributed by atoms with van der Waals surface area (Å²) in [6, 6.07) is 16.5. The minimum Gasteiger partial charge on any atom is -0.464 e. The van der Waals surface area contributed by atoms with Crippen molar-refractivity contribution in [2.45, 2.75) is 0 Å². The van der Waals surface area contributed by atoms with E-state index in [1.165, 1.54) is 0 Å². The molecule has 3 aromatic rings. The summed E-state index contributed by atoms with van der Waals surface area (Å²) in [4.78, 5) is 0. The molecule has 0 N–H and O–H groups in total. The summed E-state index contributed by atoms with van der Waals surface area (Å²) in [6.45, 7) is 0. The highest BCUT2D eigenvalue weighted by atomic mass is 35.5. The summed E-state index contributed by atoms with van der Waals surface area (Å²) >= 11 is 11.9. The highest BCUT2D eigenvalue weighted by molar-refractivity contribution is 6.34. The summed E-state index contributed by atoms with van der Waals surface area (Å²) < 4.78 is 11.0. The molecule has 0 aliphatic carbocycles. The lowest BCUT2D eigenvalue weighted by Gasteiger charge is -2.07. The predicted molar refractivity (Wildman–Crippen MR) is 80.7 cm³/mol. The minimum atomic E-state index is 0.541. The smallest absolute Gasteiger partial charge is 0.133 e. The van der Waals surface area contributed by atoms with E-state index in [1.54, 1.807) is 24.5 Å². The molecule has 100 valence electrons. The Morgan fingerprint density at radius 2 is 1.50 bits per heavy atom. The molecule has 20 heavy (non-hydrogen) atoms. The van der Waals surface area contributed by atoms with Crippen molar-refractivity contribution < 1.29 is 9.15 Å². The minimum absolute atomic E-state index is 0.541. The van der Waals surface area contributed by atoms with Crippen molar-refractivity contribution in [3.63, 3.8) is 0 Å². The number of halogens is 2. The Morgan fingerprint density at radius 3 is 2.10 bits per heavy atom. The fourth-order valence-electron chi connectivity index (χ4n) is 1.85. The third-order valence-corrected chi connectivity index (χ3v) is 3.17. The van der Waals surface area contributed by atoms with Gasteiger partial charge in [0.05, 0.1) is 6.26 Å². The van der Waals surface area contributed by atoms with E-state index in [-0.39, 0.29) is 0 Å². The second kappa shape index (κ2) is 5.61. The molecule has 0 radical (unpaired) electrons. The number of rotatable bonds is 3. The van der Waals surface area contributed by atoms with Crippen molar-refractivity contribution in [3.8, 4) is 22.8 Å². The van der Waals surface area contributed by atoms with Crippen LogP contribution in [0.25, 0.3) is 11.3 Å². The average molecular weight is 305 g/mol. The van der Waals surface area contributed by atoms with Crippen molar-refractivity contribution in [1.82, 2.24) is 0 Å². The fraction of sp³-hybridized carbons (Fsp3) is 0. The Morgan fingerprint density at radius 1 is 0.800 bits per heavy atom. The molecule has 3 rings (SSSR count). The summed E-state index contributed by atoms with van der Waals surface area (Å²) in [5, 5.41) is 1.08. The van der Waals surface area contributed by atoms with E-state index in [4.69, 9.17) is 32.4 Å². The normalized spacial score (nSPS) is 10.5. The molecule has 0 spiro atoms. The van der Waals surface area contributed by atoms with Crippen molar-refractivity contribution >= 4 is 23.2 Å². The zero-order chi connectivity index (χ0) is 13.9. The van der Waals surface area contributed by atoms with Gasteiger partial charge in [-0.1, -0.05) is 23.2 Å². The Balaban J connectivity index is 1.81. The first-order chi connectivity index (χ1) is 9.70. The first-order valence-corrected chi connectivity index (χ1v) is 6.74. The van der Waals surface area contributed by atoms with E-state index in [9.17, 15) is 0 Å². The van der Waals surface area contributed by atoms with Gasteiger partial charge in [-0.2, -0.15) is 0 Å². The van der Waals surface area contributed by atoms with Gasteiger partial charge in [-0.15, -0.1) is 0 Å². The molecule has 0 bridgehead atoms. The van der Waals surface area contributed by atoms with Gasteiger partial charge in [-0.05, 0) is 54.6 Å². The number of furan rings is 1. The third-order valence-electron chi connectivity index (χ3n) is 2.73. The van der Waals surface area contributed by atoms with Crippen LogP contribution in [-0.2, 0) is 0 Å². The van der Waals surface area contributed by atoms with Crippen molar-refractivity contribution in [3.05, 3.63) is 70.9 Å². The van der Waals surface area contributed by atoms with Gasteiger partial charge < -0.3 is 9.15 Å². The van der Waals surface area contributed by atoms with Gasteiger partial charge in [0.1, 0.15) is 17.3 Å². The van der Waals surface area contributed by atoms with Crippen LogP contribution in [0.4, 0.5) is 0 Å². The largest absolute Gasteiger partial charge is 0.464 e. The number of ether oxygens (including phenoxy) is 1. The predicted octanol–water partition coefficient (Wildman–Crippen LogP) is 6.05. The van der Waals surface area contributed by atoms with Gasteiger partial charge >= 0.3 is 0 Å². The van der Waals surface area contributed by atoms with Crippen LogP contribution < -0.4 is 4.74 Å². The molecule has 2 nitrogen and oxygen atoms in total. The number of hydrogen-bond acceptors (Lipinski definition) is 2. The first kappa shape index (κ1) is 13.1. The van der Waals surface area contributed by atoms with Gasteiger partial charge in [0.25, 0.3) is 0 Å². The highest BCUT2D eigenvalue weighted by Gasteiger charge is 2.03. The molecule has 0 aliphatic rings. The molecule has 0 amide bonds. The summed E-state index contributed by atoms with van der Waals surface area (Å²) in [5.41, 5.74) is 0.992. The molecule has 0 saturated heterocycles. The van der Waals surface area contributed by atoms with E-state index < -0.39 is 0 Å². The van der Waals surface area contributed by atoms with E-state index >= 15 is 0 Å². The van der Waals surface area contributed by atoms with Gasteiger partial charge in [-0.25, -0.2) is 0 Å². The van der Waals surface area contributed by atoms with E-state index in [0.717, 1.165) is 11.3 Å². The zero-order valence-corrected chi connectivity index (χ0v) is 11.9. The van der Waals surface area contributed by atoms with Gasteiger partial charge in [-0.3, -0.25) is 0 Å². The lowest BCUT2D eigenvalue weighted by molar-refractivity contribution is 0.483. The SMILES string of the molecule is Clc1cc(Cl)cc(Oc2ccc(-c3ccco3)cc2)c1. The van der Waals surface area contributed by atoms with Crippen molar-refractivity contribution in [2.75, 3.05) is 0 Å². The maximum atomic E-state index is 5.93. The maximum absolute atomic E-state index is 5.93. The Labute approximate surface area is 126 Å². The standard InChI is InChI=1S/C16H10Cl2O2/c17-12-8-13(18)10-15(9-12)20-14-5-3-11(4-6-14)16-2-1-7-19-16/h1-10H. The Kier molecular flexibility index (Phi) is 3.68. The molecular formula is C16H10Cl2O2. The Bertz CT molecular complexity index is 684. The van der Waals surface area contributed by atoms with Crippen LogP contribution in [0.2, 0.25) is 10.0 Å². The van der Waals surface area contributed by atoms with Crippen LogP contribution in [-0.4, -0.2) is 0 Å². The van der Waals surface area contributed by atoms with Crippen molar-refractivity contribution in [2.24, 2.45) is 0 Å². The van der Waals surface area contributed by atoms with E-state index in [1.807, 2.05) is 36.4 Å². The molecule has 2 aromatic carbocycles. The first-order valence-electron chi connectivity index (χ1n) is 5.98. The third kappa shape index (κ3) is 2.98. The molecule has 1 heterocycles. The second-order valence-corrected chi connectivity index (χ2v) is 5.08. The zero-order valence-electron chi connectivity index (χ0n) is 10.3. The Hall–Kier alpha value is -1.90. The molecule has 0 fully saturated rings. The monoisotopic (exact) mass is 304 g/mol. The van der Waals surface area contributed by atoms with Crippen LogP contribution in [0.5, 0.6) is 11.5 Å². The van der Waals surface area contributed by atoms with Gasteiger partial charge in [0, 0.05) is 15.6 Å². The van der Waals surface area contributed by atoms with E-state index in [0.29, 0.717) is 21.5 Å². The van der Waals surface area contributed by atoms with Crippen LogP contribution in [0.3, 0.4) is 0 Å². The highest BCUT2D eigenvalue weighted by Crippen LogP contribution is 2.29. The molecule has 1 aromatic heterocycles. The molecule has 0 unspecified atom stereocenters. The number of hydrogen-bond donors (Lipinski definition) is 0. The summed E-state index contributed by atoms with van der Waals surface area (Å²) in [6.07, 6.45) is 1.65. The summed E-state index contributed by atoms with van der Waals surface area (Å²) in [7, 11) is 0. The quantitative estimate of drug-likeness (QED) is 0.588. The van der Waals surface area contributed by atoms with Gasteiger partial charge in [0.15, 0.2) is 0 Å². The summed E-state index contributed by atoms with van der Waals surface area (Å²) in [5.74, 6) is 2.13. The van der Waals surface area contributed by atoms with Crippen LogP contribution in [0.1, 0.15) is 0 Å². The lowest BCUT2D eigenvalue weighted by Crippen LogP contribution is -1.84. The second-order valence-electron chi connectivity index (χ2n) is 4.21. The van der Waals surface area contributed by atoms with Crippen LogP contribution in [0.15, 0.2) is 65.3 Å². The molecule has 4 heteroatoms. The topological polar surface area (TPSA) is 22.4 Å². The average Bonchev–Trinajstić information content (AvgIpc) is 2.92. The number of benzene rings is 2.